The molecular weight excluding hydrogens is 522 g/mol. The molecule has 2 aromatic heterocycles. The molecule has 3 aromatic carbocycles. The Kier molecular flexibility index (Phi) is 5.60. The predicted molar refractivity (Wildman–Crippen MR) is 140 cm³/mol. The van der Waals surface area contributed by atoms with Gasteiger partial charge in [-0.05, 0) is 67.8 Å². The van der Waals surface area contributed by atoms with Crippen LogP contribution in [-0.4, -0.2) is 23.0 Å². The van der Waals surface area contributed by atoms with Crippen molar-refractivity contribution in [2.24, 2.45) is 0 Å². The van der Waals surface area contributed by atoms with Crippen molar-refractivity contribution in [1.82, 2.24) is 10.5 Å². The van der Waals surface area contributed by atoms with E-state index in [0.717, 1.165) is 44.0 Å². The molecule has 0 fully saturated rings. The molecule has 180 valence electrons. The average molecular weight is 544 g/mol. The van der Waals surface area contributed by atoms with Crippen molar-refractivity contribution in [1.29, 1.82) is 0 Å². The van der Waals surface area contributed by atoms with Crippen LogP contribution in [0.3, 0.4) is 0 Å². The Morgan fingerprint density at radius 2 is 1.83 bits per heavy atom. The first kappa shape index (κ1) is 22.5. The van der Waals surface area contributed by atoms with Gasteiger partial charge in [0.25, 0.3) is 11.8 Å². The van der Waals surface area contributed by atoms with Crippen LogP contribution in [-0.2, 0) is 12.8 Å². The van der Waals surface area contributed by atoms with Crippen LogP contribution in [0.1, 0.15) is 44.2 Å². The van der Waals surface area contributed by atoms with Crippen LogP contribution >= 0.6 is 15.9 Å². The van der Waals surface area contributed by atoms with Crippen molar-refractivity contribution in [2.45, 2.75) is 32.2 Å². The van der Waals surface area contributed by atoms with E-state index in [4.69, 9.17) is 8.94 Å². The number of amides is 2. The average Bonchev–Trinajstić information content (AvgIpc) is 3.45. The van der Waals surface area contributed by atoms with Gasteiger partial charge in [-0.2, -0.15) is 0 Å². The lowest BCUT2D eigenvalue weighted by Gasteiger charge is -2.23. The van der Waals surface area contributed by atoms with Gasteiger partial charge in [-0.25, -0.2) is 0 Å². The number of aryl methyl sites for hydroxylation is 2. The van der Waals surface area contributed by atoms with Crippen LogP contribution in [0.2, 0.25) is 0 Å². The van der Waals surface area contributed by atoms with Crippen LogP contribution in [0.15, 0.2) is 74.1 Å². The summed E-state index contributed by atoms with van der Waals surface area (Å²) in [6.07, 6.45) is 1.80. The Balaban J connectivity index is 1.20. The predicted octanol–water partition coefficient (Wildman–Crippen LogP) is 6.18. The highest BCUT2D eigenvalue weighted by atomic mass is 79.9. The van der Waals surface area contributed by atoms with Gasteiger partial charge in [0.05, 0.1) is 0 Å². The van der Waals surface area contributed by atoms with Crippen molar-refractivity contribution >= 4 is 55.4 Å². The number of fused-ring (bicyclic) bond motifs is 4. The number of anilines is 1. The molecule has 1 atom stereocenters. The Morgan fingerprint density at radius 1 is 1.00 bits per heavy atom. The van der Waals surface area contributed by atoms with Crippen LogP contribution in [0.4, 0.5) is 5.69 Å². The first-order valence-corrected chi connectivity index (χ1v) is 12.5. The second-order valence-corrected chi connectivity index (χ2v) is 9.98. The molecule has 5 aromatic rings. The fourth-order valence-corrected chi connectivity index (χ4v) is 5.32. The highest BCUT2D eigenvalue weighted by molar-refractivity contribution is 9.10. The molecule has 2 N–H and O–H groups in total. The number of carbonyl (C=O) groups excluding carboxylic acids is 2. The number of benzene rings is 3. The molecule has 6 rings (SSSR count). The lowest BCUT2D eigenvalue weighted by molar-refractivity contribution is 0.0932. The van der Waals surface area contributed by atoms with Gasteiger partial charge in [0.2, 0.25) is 0 Å². The number of furan rings is 1. The van der Waals surface area contributed by atoms with Crippen molar-refractivity contribution in [3.05, 3.63) is 93.3 Å². The van der Waals surface area contributed by atoms with Gasteiger partial charge in [-0.1, -0.05) is 39.3 Å². The molecule has 1 aliphatic carbocycles. The van der Waals surface area contributed by atoms with Gasteiger partial charge < -0.3 is 19.6 Å². The quantitative estimate of drug-likeness (QED) is 0.282. The maximum absolute atomic E-state index is 13.2. The molecule has 1 unspecified atom stereocenters. The summed E-state index contributed by atoms with van der Waals surface area (Å²) in [6.45, 7) is 1.91. The number of hydrogen-bond donors (Lipinski definition) is 2. The van der Waals surface area contributed by atoms with Gasteiger partial charge >= 0.3 is 0 Å². The minimum atomic E-state index is -0.345. The maximum atomic E-state index is 13.2. The summed E-state index contributed by atoms with van der Waals surface area (Å²) < 4.78 is 12.3. The molecule has 0 bridgehead atoms. The molecule has 1 aliphatic rings. The Bertz CT molecular complexity index is 1650. The molecule has 0 saturated heterocycles. The van der Waals surface area contributed by atoms with Gasteiger partial charge in [-0.3, -0.25) is 9.59 Å². The van der Waals surface area contributed by atoms with Gasteiger partial charge in [0.1, 0.15) is 16.9 Å². The summed E-state index contributed by atoms with van der Waals surface area (Å²) in [5.74, 6) is 0.223. The molecule has 7 nitrogen and oxygen atoms in total. The number of aromatic nitrogens is 1. The normalized spacial score (nSPS) is 15.1. The van der Waals surface area contributed by atoms with Crippen LogP contribution < -0.4 is 10.6 Å². The smallest absolute Gasteiger partial charge is 0.278 e. The van der Waals surface area contributed by atoms with Gasteiger partial charge in [0, 0.05) is 44.5 Å². The number of rotatable bonds is 4. The third kappa shape index (κ3) is 4.07. The highest BCUT2D eigenvalue weighted by Crippen LogP contribution is 2.31. The van der Waals surface area contributed by atoms with Crippen molar-refractivity contribution < 1.29 is 18.5 Å². The lowest BCUT2D eigenvalue weighted by atomic mass is 9.91. The fourth-order valence-electron chi connectivity index (χ4n) is 4.84. The van der Waals surface area contributed by atoms with E-state index in [-0.39, 0.29) is 23.6 Å². The van der Waals surface area contributed by atoms with E-state index in [1.807, 2.05) is 55.5 Å². The molecular formula is C28H22BrN3O4. The van der Waals surface area contributed by atoms with E-state index in [2.05, 4.69) is 31.7 Å². The summed E-state index contributed by atoms with van der Waals surface area (Å²) in [5, 5.41) is 12.0. The SMILES string of the molecule is Cc1cc(Br)ccc1C(=O)NC1CCc2onc(C(=O)Nc3ccc4oc5ccccc5c4c3)c2C1. The van der Waals surface area contributed by atoms with E-state index < -0.39 is 0 Å². The lowest BCUT2D eigenvalue weighted by Crippen LogP contribution is -2.39. The van der Waals surface area contributed by atoms with Crippen molar-refractivity contribution in [2.75, 3.05) is 5.32 Å². The zero-order chi connectivity index (χ0) is 24.8. The Hall–Kier alpha value is -3.91. The van der Waals surface area contributed by atoms with Crippen molar-refractivity contribution in [3.63, 3.8) is 0 Å². The largest absolute Gasteiger partial charge is 0.456 e. The molecule has 0 aliphatic heterocycles. The van der Waals surface area contributed by atoms with E-state index in [1.165, 1.54) is 0 Å². The number of nitrogens with zero attached hydrogens (tertiary/aromatic N) is 1. The van der Waals surface area contributed by atoms with Crippen LogP contribution in [0.5, 0.6) is 0 Å². The number of halogens is 1. The third-order valence-corrected chi connectivity index (χ3v) is 7.15. The van der Waals surface area contributed by atoms with Crippen molar-refractivity contribution in [3.8, 4) is 0 Å². The Labute approximate surface area is 215 Å². The number of hydrogen-bond acceptors (Lipinski definition) is 5. The summed E-state index contributed by atoms with van der Waals surface area (Å²) in [5.41, 5.74) is 4.72. The molecule has 0 saturated carbocycles. The molecule has 8 heteroatoms. The first-order valence-electron chi connectivity index (χ1n) is 11.7. The minimum Gasteiger partial charge on any atom is -0.456 e. The van der Waals surface area contributed by atoms with Gasteiger partial charge in [-0.15, -0.1) is 0 Å². The van der Waals surface area contributed by atoms with Crippen LogP contribution in [0.25, 0.3) is 21.9 Å². The van der Waals surface area contributed by atoms with E-state index >= 15 is 0 Å². The maximum Gasteiger partial charge on any atom is 0.278 e. The second kappa shape index (κ2) is 8.95. The van der Waals surface area contributed by atoms with E-state index in [9.17, 15) is 9.59 Å². The molecule has 0 radical (unpaired) electrons. The standard InChI is InChI=1S/C28H22BrN3O4/c1-15-12-16(29)6-9-19(15)27(33)30-18-8-11-25-22(14-18)26(32-36-25)28(34)31-17-7-10-24-21(13-17)20-4-2-3-5-23(20)35-24/h2-7,9-10,12-13,18H,8,11,14H2,1H3,(H,30,33)(H,31,34). The minimum absolute atomic E-state index is 0.118. The summed E-state index contributed by atoms with van der Waals surface area (Å²) in [4.78, 5) is 26.0. The Morgan fingerprint density at radius 3 is 2.69 bits per heavy atom. The van der Waals surface area contributed by atoms with E-state index in [0.29, 0.717) is 29.9 Å². The molecule has 2 heterocycles. The fraction of sp³-hybridized carbons (Fsp3) is 0.179. The number of para-hydroxylation sites is 1. The zero-order valence-electron chi connectivity index (χ0n) is 19.4. The topological polar surface area (TPSA) is 97.4 Å². The number of carbonyl (C=O) groups is 2. The van der Waals surface area contributed by atoms with Crippen LogP contribution in [0, 0.1) is 6.92 Å². The number of nitrogens with one attached hydrogen (secondary N) is 2. The molecule has 0 spiro atoms. The van der Waals surface area contributed by atoms with E-state index in [1.54, 1.807) is 12.1 Å². The summed E-state index contributed by atoms with van der Waals surface area (Å²) >= 11 is 3.43. The highest BCUT2D eigenvalue weighted by Gasteiger charge is 2.30. The zero-order valence-corrected chi connectivity index (χ0v) is 21.0. The monoisotopic (exact) mass is 543 g/mol. The van der Waals surface area contributed by atoms with Gasteiger partial charge in [0.15, 0.2) is 5.69 Å². The second-order valence-electron chi connectivity index (χ2n) is 9.07. The summed E-state index contributed by atoms with van der Waals surface area (Å²) in [7, 11) is 0. The first-order chi connectivity index (χ1) is 17.5. The molecule has 2 amide bonds. The third-order valence-electron chi connectivity index (χ3n) is 6.66. The summed E-state index contributed by atoms with van der Waals surface area (Å²) in [6, 6.07) is 18.8. The molecule has 36 heavy (non-hydrogen) atoms.